The van der Waals surface area contributed by atoms with E-state index in [0.29, 0.717) is 10.2 Å². The van der Waals surface area contributed by atoms with E-state index < -0.39 is 29.5 Å². The highest BCUT2D eigenvalue weighted by atomic mass is 79.9. The second-order valence-electron chi connectivity index (χ2n) is 6.96. The molecule has 0 saturated heterocycles. The van der Waals surface area contributed by atoms with Gasteiger partial charge in [0.15, 0.2) is 11.5 Å². The van der Waals surface area contributed by atoms with Crippen LogP contribution in [0.5, 0.6) is 0 Å². The Balaban J connectivity index is 1.69. The lowest BCUT2D eigenvalue weighted by atomic mass is 10.1. The van der Waals surface area contributed by atoms with Crippen LogP contribution < -0.4 is 5.32 Å². The highest BCUT2D eigenvalue weighted by Crippen LogP contribution is 2.29. The van der Waals surface area contributed by atoms with Crippen molar-refractivity contribution in [1.82, 2.24) is 19.6 Å². The number of halogens is 6. The van der Waals surface area contributed by atoms with Crippen molar-refractivity contribution in [3.63, 3.8) is 0 Å². The molecule has 1 amide bonds. The maximum atomic E-state index is 14.0. The molecule has 0 saturated carbocycles. The van der Waals surface area contributed by atoms with Crippen molar-refractivity contribution in [2.24, 2.45) is 5.92 Å². The summed E-state index contributed by atoms with van der Waals surface area (Å²) in [6.07, 6.45) is -3.00. The smallest absolute Gasteiger partial charge is 0.308 e. The zero-order valence-corrected chi connectivity index (χ0v) is 18.7. The van der Waals surface area contributed by atoms with Crippen LogP contribution in [0.4, 0.5) is 23.4 Å². The van der Waals surface area contributed by atoms with Gasteiger partial charge in [-0.2, -0.15) is 23.4 Å². The van der Waals surface area contributed by atoms with Gasteiger partial charge in [-0.05, 0) is 41.1 Å². The fourth-order valence-corrected chi connectivity index (χ4v) is 3.46. The van der Waals surface area contributed by atoms with Crippen LogP contribution in [0.1, 0.15) is 23.9 Å². The van der Waals surface area contributed by atoms with Gasteiger partial charge in [-0.25, -0.2) is 4.39 Å². The number of rotatable bonds is 6. The number of hydrogen-bond donors (Lipinski definition) is 1. The molecular weight excluding hydrogens is 506 g/mol. The number of nitrogens with one attached hydrogen (secondary N) is 1. The molecule has 3 aromatic rings. The number of amides is 1. The molecule has 0 aliphatic carbocycles. The summed E-state index contributed by atoms with van der Waals surface area (Å²) in [4.78, 5) is 12.5. The van der Waals surface area contributed by atoms with Gasteiger partial charge in [0.25, 0.3) is 0 Å². The Labute approximate surface area is 188 Å². The quantitative estimate of drug-likeness (QED) is 0.448. The van der Waals surface area contributed by atoms with Crippen LogP contribution in [0.2, 0.25) is 5.02 Å². The van der Waals surface area contributed by atoms with Gasteiger partial charge in [0.05, 0.1) is 23.5 Å². The molecule has 31 heavy (non-hydrogen) atoms. The minimum absolute atomic E-state index is 0.0439. The van der Waals surface area contributed by atoms with E-state index in [1.807, 2.05) is 0 Å². The number of aryl methyl sites for hydroxylation is 1. The fraction of sp³-hybridized carbons (Fsp3) is 0.316. The highest BCUT2D eigenvalue weighted by Gasteiger charge is 2.34. The maximum Gasteiger partial charge on any atom is 0.435 e. The van der Waals surface area contributed by atoms with Crippen molar-refractivity contribution in [2.75, 3.05) is 5.32 Å². The van der Waals surface area contributed by atoms with Gasteiger partial charge >= 0.3 is 6.18 Å². The molecule has 0 bridgehead atoms. The second-order valence-corrected chi connectivity index (χ2v) is 8.23. The van der Waals surface area contributed by atoms with E-state index in [-0.39, 0.29) is 29.5 Å². The minimum Gasteiger partial charge on any atom is -0.308 e. The monoisotopic (exact) mass is 521 g/mol. The normalized spacial score (nSPS) is 12.8. The van der Waals surface area contributed by atoms with Gasteiger partial charge in [0.1, 0.15) is 5.82 Å². The molecule has 0 fully saturated rings. The Morgan fingerprint density at radius 2 is 2.03 bits per heavy atom. The molecule has 1 N–H and O–H groups in total. The largest absolute Gasteiger partial charge is 0.435 e. The molecule has 6 nitrogen and oxygen atoms in total. The van der Waals surface area contributed by atoms with Gasteiger partial charge in [0.2, 0.25) is 5.91 Å². The summed E-state index contributed by atoms with van der Waals surface area (Å²) in [7, 11) is 0. The number of hydrogen-bond acceptors (Lipinski definition) is 3. The van der Waals surface area contributed by atoms with Crippen LogP contribution in [0.3, 0.4) is 0 Å². The Hall–Kier alpha value is -2.40. The van der Waals surface area contributed by atoms with E-state index in [9.17, 15) is 22.4 Å². The number of alkyl halides is 3. The lowest BCUT2D eigenvalue weighted by Crippen LogP contribution is -2.26. The number of aromatic nitrogens is 4. The van der Waals surface area contributed by atoms with E-state index in [2.05, 4.69) is 31.4 Å². The van der Waals surface area contributed by atoms with Crippen molar-refractivity contribution >= 4 is 39.3 Å². The summed E-state index contributed by atoms with van der Waals surface area (Å²) in [6.45, 7) is 3.05. The predicted octanol–water partition coefficient (Wildman–Crippen LogP) is 5.28. The highest BCUT2D eigenvalue weighted by molar-refractivity contribution is 9.10. The van der Waals surface area contributed by atoms with Crippen molar-refractivity contribution in [1.29, 1.82) is 0 Å². The van der Waals surface area contributed by atoms with Crippen molar-refractivity contribution in [3.8, 4) is 0 Å². The van der Waals surface area contributed by atoms with Crippen LogP contribution >= 0.6 is 27.5 Å². The average Bonchev–Trinajstić information content (AvgIpc) is 3.21. The summed E-state index contributed by atoms with van der Waals surface area (Å²) in [5, 5.41) is 10.6. The number of anilines is 1. The third-order valence-electron chi connectivity index (χ3n) is 4.51. The van der Waals surface area contributed by atoms with Crippen molar-refractivity contribution < 1.29 is 22.4 Å². The molecule has 12 heteroatoms. The molecule has 1 atom stereocenters. The molecule has 2 aromatic heterocycles. The van der Waals surface area contributed by atoms with E-state index in [1.54, 1.807) is 19.2 Å². The van der Waals surface area contributed by atoms with Crippen LogP contribution in [-0.2, 0) is 24.1 Å². The zero-order chi connectivity index (χ0) is 22.9. The molecule has 2 heterocycles. The Bertz CT molecular complexity index is 1090. The Morgan fingerprint density at radius 3 is 2.65 bits per heavy atom. The molecular formula is C19H17BrClF4N5O. The molecule has 1 aromatic carbocycles. The number of carbonyl (C=O) groups excluding carboxylic acids is 1. The third-order valence-corrected chi connectivity index (χ3v) is 5.44. The van der Waals surface area contributed by atoms with E-state index in [4.69, 9.17) is 11.6 Å². The zero-order valence-electron chi connectivity index (χ0n) is 16.3. The summed E-state index contributed by atoms with van der Waals surface area (Å²) in [5.41, 5.74) is -0.467. The van der Waals surface area contributed by atoms with Crippen LogP contribution in [-0.4, -0.2) is 25.5 Å². The average molecular weight is 523 g/mol. The molecule has 0 radical (unpaired) electrons. The first-order valence-corrected chi connectivity index (χ1v) is 10.2. The van der Waals surface area contributed by atoms with E-state index in [1.165, 1.54) is 23.7 Å². The summed E-state index contributed by atoms with van der Waals surface area (Å²) in [5.74, 6) is -1.44. The second kappa shape index (κ2) is 8.99. The van der Waals surface area contributed by atoms with E-state index in [0.717, 1.165) is 10.7 Å². The van der Waals surface area contributed by atoms with Crippen LogP contribution in [0.25, 0.3) is 0 Å². The summed E-state index contributed by atoms with van der Waals surface area (Å²) < 4.78 is 55.4. The lowest BCUT2D eigenvalue weighted by molar-refractivity contribution is -0.141. The van der Waals surface area contributed by atoms with E-state index >= 15 is 0 Å². The maximum absolute atomic E-state index is 14.0. The van der Waals surface area contributed by atoms with Gasteiger partial charge in [-0.1, -0.05) is 24.6 Å². The minimum atomic E-state index is -4.56. The molecule has 3 rings (SSSR count). The van der Waals surface area contributed by atoms with Crippen molar-refractivity contribution in [3.05, 3.63) is 62.7 Å². The lowest BCUT2D eigenvalue weighted by Gasteiger charge is -2.12. The van der Waals surface area contributed by atoms with Gasteiger partial charge < -0.3 is 5.32 Å². The van der Waals surface area contributed by atoms with Gasteiger partial charge in [0, 0.05) is 22.5 Å². The molecule has 166 valence electrons. The van der Waals surface area contributed by atoms with Crippen LogP contribution in [0.15, 0.2) is 34.9 Å². The standard InChI is InChI=1S/C19H17BrClF4N5O/c1-10(7-30-11(2)6-16(27-30)19(23,24)25)18(31)26-17-13(20)9-29(28-17)8-12-14(21)4-3-5-15(12)22/h3-6,9-10H,7-8H2,1-2H3,(H,26,28,31). The van der Waals surface area contributed by atoms with Gasteiger partial charge in [-0.15, -0.1) is 0 Å². The third kappa shape index (κ3) is 5.45. The predicted molar refractivity (Wildman–Crippen MR) is 110 cm³/mol. The molecule has 1 unspecified atom stereocenters. The molecule has 0 aliphatic rings. The van der Waals surface area contributed by atoms with Crippen LogP contribution in [0, 0.1) is 18.7 Å². The summed E-state index contributed by atoms with van der Waals surface area (Å²) in [6, 6.07) is 5.26. The Kier molecular flexibility index (Phi) is 6.75. The molecule has 0 spiro atoms. The van der Waals surface area contributed by atoms with Gasteiger partial charge in [-0.3, -0.25) is 14.2 Å². The first kappa shape index (κ1) is 23.3. The first-order valence-electron chi connectivity index (χ1n) is 9.04. The van der Waals surface area contributed by atoms with Crippen molar-refractivity contribution in [2.45, 2.75) is 33.1 Å². The summed E-state index contributed by atoms with van der Waals surface area (Å²) >= 11 is 9.31. The number of nitrogens with zero attached hydrogens (tertiary/aromatic N) is 4. The molecule has 0 aliphatic heterocycles. The number of benzene rings is 1. The number of carbonyl (C=O) groups is 1. The SMILES string of the molecule is Cc1cc(C(F)(F)F)nn1CC(C)C(=O)Nc1nn(Cc2c(F)cccc2Cl)cc1Br. The first-order chi connectivity index (χ1) is 14.5. The fourth-order valence-electron chi connectivity index (χ4n) is 2.82. The topological polar surface area (TPSA) is 64.7 Å². The Morgan fingerprint density at radius 1 is 1.32 bits per heavy atom.